The summed E-state index contributed by atoms with van der Waals surface area (Å²) in [5, 5.41) is 10.2. The molecule has 0 aliphatic heterocycles. The topological polar surface area (TPSA) is 42.4 Å². The van der Waals surface area contributed by atoms with Crippen LogP contribution in [0.2, 0.25) is 10.0 Å². The lowest BCUT2D eigenvalue weighted by atomic mass is 10.3. The maximum absolute atomic E-state index is 9.50. The molecule has 0 aliphatic rings. The van der Waals surface area contributed by atoms with Gasteiger partial charge in [0.1, 0.15) is 5.02 Å². The average Bonchev–Trinajstić information content (AvgIpc) is 2.25. The maximum Gasteiger partial charge on any atom is 0.238 e. The van der Waals surface area contributed by atoms with Gasteiger partial charge in [-0.15, -0.1) is 0 Å². The van der Waals surface area contributed by atoms with Crippen molar-refractivity contribution in [2.45, 2.75) is 0 Å². The largest absolute Gasteiger partial charge is 0.504 e. The average molecular weight is 256 g/mol. The molecule has 16 heavy (non-hydrogen) atoms. The number of hydrogen-bond acceptors (Lipinski definition) is 3. The predicted octanol–water partition coefficient (Wildman–Crippen LogP) is 3.89. The van der Waals surface area contributed by atoms with Crippen LogP contribution in [0, 0.1) is 0 Å². The van der Waals surface area contributed by atoms with Crippen molar-refractivity contribution in [3.63, 3.8) is 0 Å². The minimum atomic E-state index is 0.0234. The number of hydrogen-bond donors (Lipinski definition) is 1. The van der Waals surface area contributed by atoms with Gasteiger partial charge in [-0.2, -0.15) is 0 Å². The highest BCUT2D eigenvalue weighted by Gasteiger charge is 2.08. The lowest BCUT2D eigenvalue weighted by molar-refractivity contribution is 0.403. The Balaban J connectivity index is 2.31. The van der Waals surface area contributed by atoms with Crippen molar-refractivity contribution in [2.75, 3.05) is 0 Å². The van der Waals surface area contributed by atoms with Crippen molar-refractivity contribution in [3.8, 4) is 17.4 Å². The van der Waals surface area contributed by atoms with Crippen molar-refractivity contribution in [3.05, 3.63) is 46.6 Å². The van der Waals surface area contributed by atoms with Crippen molar-refractivity contribution >= 4 is 23.2 Å². The number of aromatic hydroxyl groups is 1. The molecular formula is C11H7Cl2NO2. The molecule has 0 spiro atoms. The number of phenols is 1. The van der Waals surface area contributed by atoms with E-state index in [1.807, 2.05) is 0 Å². The Kier molecular flexibility index (Phi) is 3.17. The molecule has 1 aromatic heterocycles. The van der Waals surface area contributed by atoms with Crippen LogP contribution < -0.4 is 4.74 Å². The molecule has 2 aromatic rings. The van der Waals surface area contributed by atoms with E-state index >= 15 is 0 Å². The smallest absolute Gasteiger partial charge is 0.238 e. The van der Waals surface area contributed by atoms with E-state index < -0.39 is 0 Å². The van der Waals surface area contributed by atoms with E-state index in [2.05, 4.69) is 4.98 Å². The second kappa shape index (κ2) is 4.60. The van der Waals surface area contributed by atoms with E-state index in [4.69, 9.17) is 27.9 Å². The molecule has 0 amide bonds. The van der Waals surface area contributed by atoms with Crippen LogP contribution in [0.5, 0.6) is 17.4 Å². The standard InChI is InChI=1S/C11H7Cl2NO2/c12-7-5-8(13)11(14-6-7)16-10-4-2-1-3-9(10)15/h1-6,15H. The monoisotopic (exact) mass is 255 g/mol. The molecule has 0 saturated heterocycles. The summed E-state index contributed by atoms with van der Waals surface area (Å²) in [6.45, 7) is 0. The minimum absolute atomic E-state index is 0.0234. The minimum Gasteiger partial charge on any atom is -0.504 e. The van der Waals surface area contributed by atoms with Gasteiger partial charge in [-0.1, -0.05) is 35.3 Å². The summed E-state index contributed by atoms with van der Waals surface area (Å²) >= 11 is 11.6. The zero-order valence-electron chi connectivity index (χ0n) is 8.02. The lowest BCUT2D eigenvalue weighted by Crippen LogP contribution is -1.89. The van der Waals surface area contributed by atoms with Crippen LogP contribution in [0.1, 0.15) is 0 Å². The summed E-state index contributed by atoms with van der Waals surface area (Å²) < 4.78 is 5.34. The first-order chi connectivity index (χ1) is 7.66. The van der Waals surface area contributed by atoms with E-state index in [-0.39, 0.29) is 16.7 Å². The fourth-order valence-corrected chi connectivity index (χ4v) is 1.54. The van der Waals surface area contributed by atoms with Crippen LogP contribution in [0.25, 0.3) is 0 Å². The van der Waals surface area contributed by atoms with Crippen LogP contribution in [0.3, 0.4) is 0 Å². The quantitative estimate of drug-likeness (QED) is 0.886. The Labute approximate surface area is 102 Å². The molecule has 82 valence electrons. The molecule has 0 radical (unpaired) electrons. The third-order valence-electron chi connectivity index (χ3n) is 1.85. The third kappa shape index (κ3) is 2.38. The summed E-state index contributed by atoms with van der Waals surface area (Å²) in [5.74, 6) is 0.516. The van der Waals surface area contributed by atoms with E-state index in [0.717, 1.165) is 0 Å². The molecule has 0 aliphatic carbocycles. The molecule has 1 heterocycles. The summed E-state index contributed by atoms with van der Waals surface area (Å²) in [6.07, 6.45) is 1.42. The second-order valence-electron chi connectivity index (χ2n) is 3.01. The van der Waals surface area contributed by atoms with Gasteiger partial charge in [0.25, 0.3) is 0 Å². The van der Waals surface area contributed by atoms with E-state index in [1.54, 1.807) is 18.2 Å². The Morgan fingerprint density at radius 3 is 2.62 bits per heavy atom. The number of phenolic OH excluding ortho intramolecular Hbond substituents is 1. The highest BCUT2D eigenvalue weighted by atomic mass is 35.5. The predicted molar refractivity (Wildman–Crippen MR) is 62.4 cm³/mol. The fourth-order valence-electron chi connectivity index (χ4n) is 1.12. The summed E-state index contributed by atoms with van der Waals surface area (Å²) in [4.78, 5) is 3.92. The molecule has 0 unspecified atom stereocenters. The zero-order chi connectivity index (χ0) is 11.5. The van der Waals surface area contributed by atoms with Crippen molar-refractivity contribution < 1.29 is 9.84 Å². The number of benzene rings is 1. The van der Waals surface area contributed by atoms with Crippen LogP contribution in [-0.2, 0) is 0 Å². The number of nitrogens with zero attached hydrogens (tertiary/aromatic N) is 1. The SMILES string of the molecule is Oc1ccccc1Oc1ncc(Cl)cc1Cl. The van der Waals surface area contributed by atoms with E-state index in [0.29, 0.717) is 10.8 Å². The van der Waals surface area contributed by atoms with Crippen molar-refractivity contribution in [1.82, 2.24) is 4.98 Å². The molecule has 5 heteroatoms. The Morgan fingerprint density at radius 1 is 1.19 bits per heavy atom. The summed E-state index contributed by atoms with van der Waals surface area (Å²) in [7, 11) is 0. The van der Waals surface area contributed by atoms with Gasteiger partial charge >= 0.3 is 0 Å². The molecule has 3 nitrogen and oxygen atoms in total. The van der Waals surface area contributed by atoms with Crippen LogP contribution in [0.15, 0.2) is 36.5 Å². The Bertz CT molecular complexity index is 517. The summed E-state index contributed by atoms with van der Waals surface area (Å²) in [5.41, 5.74) is 0. The van der Waals surface area contributed by atoms with Crippen LogP contribution in [-0.4, -0.2) is 10.1 Å². The number of halogens is 2. The van der Waals surface area contributed by atoms with Crippen LogP contribution >= 0.6 is 23.2 Å². The fraction of sp³-hybridized carbons (Fsp3) is 0. The first kappa shape index (κ1) is 11.0. The lowest BCUT2D eigenvalue weighted by Gasteiger charge is -2.07. The molecule has 0 bridgehead atoms. The first-order valence-electron chi connectivity index (χ1n) is 4.44. The van der Waals surface area contributed by atoms with E-state index in [9.17, 15) is 5.11 Å². The van der Waals surface area contributed by atoms with E-state index in [1.165, 1.54) is 18.3 Å². The van der Waals surface area contributed by atoms with Crippen LogP contribution in [0.4, 0.5) is 0 Å². The van der Waals surface area contributed by atoms with Crippen molar-refractivity contribution in [2.24, 2.45) is 0 Å². The Morgan fingerprint density at radius 2 is 1.94 bits per heavy atom. The Hall–Kier alpha value is -1.45. The van der Waals surface area contributed by atoms with Gasteiger partial charge in [0.2, 0.25) is 5.88 Å². The van der Waals surface area contributed by atoms with Gasteiger partial charge in [-0.05, 0) is 18.2 Å². The molecule has 0 fully saturated rings. The highest BCUT2D eigenvalue weighted by molar-refractivity contribution is 6.35. The normalized spacial score (nSPS) is 10.1. The zero-order valence-corrected chi connectivity index (χ0v) is 9.53. The maximum atomic E-state index is 9.50. The molecule has 1 N–H and O–H groups in total. The van der Waals surface area contributed by atoms with Gasteiger partial charge in [0, 0.05) is 6.20 Å². The third-order valence-corrected chi connectivity index (χ3v) is 2.32. The summed E-state index contributed by atoms with van der Waals surface area (Å²) in [6, 6.07) is 8.07. The number of rotatable bonds is 2. The number of para-hydroxylation sites is 2. The number of aromatic nitrogens is 1. The van der Waals surface area contributed by atoms with Gasteiger partial charge in [0.15, 0.2) is 11.5 Å². The second-order valence-corrected chi connectivity index (χ2v) is 3.85. The number of ether oxygens (including phenoxy) is 1. The van der Waals surface area contributed by atoms with Gasteiger partial charge in [0.05, 0.1) is 5.02 Å². The van der Waals surface area contributed by atoms with Gasteiger partial charge in [-0.3, -0.25) is 0 Å². The number of pyridine rings is 1. The van der Waals surface area contributed by atoms with Crippen molar-refractivity contribution in [1.29, 1.82) is 0 Å². The van der Waals surface area contributed by atoms with Gasteiger partial charge in [-0.25, -0.2) is 4.98 Å². The highest BCUT2D eigenvalue weighted by Crippen LogP contribution is 2.33. The first-order valence-corrected chi connectivity index (χ1v) is 5.19. The molecule has 0 atom stereocenters. The molecule has 0 saturated carbocycles. The molecule has 1 aromatic carbocycles. The molecular weight excluding hydrogens is 249 g/mol. The van der Waals surface area contributed by atoms with Gasteiger partial charge < -0.3 is 9.84 Å². The molecule has 2 rings (SSSR count).